The number of anilines is 2. The van der Waals surface area contributed by atoms with Gasteiger partial charge >= 0.3 is 0 Å². The molecule has 15 heteroatoms. The number of rotatable bonds is 10. The summed E-state index contributed by atoms with van der Waals surface area (Å²) in [5, 5.41) is 22.2. The van der Waals surface area contributed by atoms with Crippen LogP contribution in [0.15, 0.2) is 76.9 Å². The number of aromatic nitrogens is 2. The van der Waals surface area contributed by atoms with E-state index in [1.165, 1.54) is 37.0 Å². The minimum atomic E-state index is -0.751. The van der Waals surface area contributed by atoms with Gasteiger partial charge in [-0.3, -0.25) is 29.8 Å². The fraction of sp³-hybridized carbons (Fsp3) is 0.250. The zero-order chi connectivity index (χ0) is 34.8. The van der Waals surface area contributed by atoms with Gasteiger partial charge in [-0.15, -0.1) is 23.5 Å². The summed E-state index contributed by atoms with van der Waals surface area (Å²) in [6, 6.07) is 14.8. The molecule has 1 heterocycles. The van der Waals surface area contributed by atoms with Gasteiger partial charge in [0.2, 0.25) is 0 Å². The number of para-hydroxylation sites is 1. The van der Waals surface area contributed by atoms with Crippen LogP contribution in [0.3, 0.4) is 0 Å². The van der Waals surface area contributed by atoms with E-state index in [4.69, 9.17) is 4.74 Å². The summed E-state index contributed by atoms with van der Waals surface area (Å²) >= 11 is 3.04. The normalized spacial score (nSPS) is 10.4. The molecular weight excluding hydrogens is 645 g/mol. The highest BCUT2D eigenvalue weighted by Gasteiger charge is 2.27. The Balaban J connectivity index is 0.000000257. The molecule has 0 aliphatic carbocycles. The number of aryl methyl sites for hydroxylation is 1. The molecule has 4 rings (SSSR count). The molecule has 0 saturated heterocycles. The van der Waals surface area contributed by atoms with Crippen molar-refractivity contribution in [2.45, 2.75) is 30.6 Å². The van der Waals surface area contributed by atoms with Crippen LogP contribution in [0.4, 0.5) is 22.7 Å². The van der Waals surface area contributed by atoms with Crippen LogP contribution in [0, 0.1) is 34.1 Å². The Labute approximate surface area is 280 Å². The summed E-state index contributed by atoms with van der Waals surface area (Å²) in [5.41, 5.74) is 1.71. The number of nitro benzene ring substituents is 2. The van der Waals surface area contributed by atoms with Crippen molar-refractivity contribution in [1.29, 1.82) is 0 Å². The van der Waals surface area contributed by atoms with E-state index in [1.807, 2.05) is 56.7 Å². The SMILES string of the molecule is CCN(C(=O)c1cncnc1C)c1cc(OC)ccc1SC.CSc1ccccc1N(C)C(=O)c1cc([N+](=O)[O-])cc([N+](=O)[O-])c1C. The topological polar surface area (TPSA) is 162 Å². The molecule has 0 saturated carbocycles. The summed E-state index contributed by atoms with van der Waals surface area (Å²) in [7, 11) is 3.15. The first-order chi connectivity index (χ1) is 22.4. The van der Waals surface area contributed by atoms with Crippen LogP contribution >= 0.6 is 23.5 Å². The lowest BCUT2D eigenvalue weighted by Crippen LogP contribution is -2.32. The molecule has 0 N–H and O–H groups in total. The number of ether oxygens (including phenoxy) is 1. The summed E-state index contributed by atoms with van der Waals surface area (Å²) < 4.78 is 5.29. The molecule has 13 nitrogen and oxygen atoms in total. The Hall–Kier alpha value is -5.02. The maximum absolute atomic E-state index is 12.9. The lowest BCUT2D eigenvalue weighted by Gasteiger charge is -2.24. The number of carbonyl (C=O) groups is 2. The maximum atomic E-state index is 12.9. The second-order valence-corrected chi connectivity index (χ2v) is 11.5. The molecule has 0 bridgehead atoms. The van der Waals surface area contributed by atoms with E-state index in [1.54, 1.807) is 42.1 Å². The van der Waals surface area contributed by atoms with E-state index >= 15 is 0 Å². The van der Waals surface area contributed by atoms with Crippen molar-refractivity contribution >= 4 is 58.1 Å². The smallest absolute Gasteiger partial charge is 0.279 e. The Morgan fingerprint density at radius 1 is 0.894 bits per heavy atom. The first-order valence-corrected chi connectivity index (χ1v) is 16.5. The molecular formula is C32H34N6O7S2. The molecule has 47 heavy (non-hydrogen) atoms. The van der Waals surface area contributed by atoms with E-state index in [-0.39, 0.29) is 17.0 Å². The summed E-state index contributed by atoms with van der Waals surface area (Å²) in [6.07, 6.45) is 6.86. The van der Waals surface area contributed by atoms with Gasteiger partial charge in [0.05, 0.1) is 51.2 Å². The van der Waals surface area contributed by atoms with E-state index in [0.29, 0.717) is 23.5 Å². The third-order valence-corrected chi connectivity index (χ3v) is 8.70. The first-order valence-electron chi connectivity index (χ1n) is 14.0. The van der Waals surface area contributed by atoms with Gasteiger partial charge in [0.15, 0.2) is 0 Å². The second kappa shape index (κ2) is 16.5. The number of hydrogen-bond donors (Lipinski definition) is 0. The molecule has 0 fully saturated rings. The largest absolute Gasteiger partial charge is 0.497 e. The number of thioether (sulfide) groups is 2. The van der Waals surface area contributed by atoms with E-state index in [2.05, 4.69) is 9.97 Å². The number of benzene rings is 3. The molecule has 246 valence electrons. The number of nitrogens with zero attached hydrogens (tertiary/aromatic N) is 6. The van der Waals surface area contributed by atoms with Crippen LogP contribution in [-0.2, 0) is 0 Å². The van der Waals surface area contributed by atoms with Crippen molar-refractivity contribution in [3.8, 4) is 5.75 Å². The Bertz CT molecular complexity index is 1800. The summed E-state index contributed by atoms with van der Waals surface area (Å²) in [5.74, 6) is 0.0648. The minimum Gasteiger partial charge on any atom is -0.497 e. The van der Waals surface area contributed by atoms with Gasteiger partial charge in [-0.05, 0) is 57.5 Å². The van der Waals surface area contributed by atoms with Crippen LogP contribution in [-0.4, -0.2) is 64.8 Å². The predicted octanol–water partition coefficient (Wildman–Crippen LogP) is 6.99. The van der Waals surface area contributed by atoms with E-state index in [0.717, 1.165) is 33.4 Å². The maximum Gasteiger partial charge on any atom is 0.279 e. The lowest BCUT2D eigenvalue weighted by molar-refractivity contribution is -0.394. The van der Waals surface area contributed by atoms with Crippen molar-refractivity contribution in [3.05, 3.63) is 110 Å². The van der Waals surface area contributed by atoms with Crippen LogP contribution in [0.5, 0.6) is 5.75 Å². The van der Waals surface area contributed by atoms with Crippen LogP contribution in [0.2, 0.25) is 0 Å². The highest BCUT2D eigenvalue weighted by molar-refractivity contribution is 7.99. The average molecular weight is 679 g/mol. The molecule has 0 atom stereocenters. The molecule has 0 unspecified atom stereocenters. The average Bonchev–Trinajstić information content (AvgIpc) is 3.08. The fourth-order valence-electron chi connectivity index (χ4n) is 4.58. The molecule has 1 aromatic heterocycles. The highest BCUT2D eigenvalue weighted by Crippen LogP contribution is 2.34. The van der Waals surface area contributed by atoms with Crippen molar-refractivity contribution in [3.63, 3.8) is 0 Å². The standard InChI is InChI=1S/C16H15N3O5S.C16H19N3O2S/c1-10-12(8-11(18(21)22)9-14(10)19(23)24)16(20)17(2)13-6-4-5-7-15(13)25-3;1-5-19(16(20)13-9-17-10-18-11(13)2)14-8-12(21-3)6-7-15(14)22-4/h4-9H,1-3H3;6-10H,5H2,1-4H3. The fourth-order valence-corrected chi connectivity index (χ4v) is 5.79. The van der Waals surface area contributed by atoms with Crippen molar-refractivity contribution in [1.82, 2.24) is 9.97 Å². The van der Waals surface area contributed by atoms with Crippen molar-refractivity contribution < 1.29 is 24.2 Å². The van der Waals surface area contributed by atoms with Gasteiger partial charge in [-0.1, -0.05) is 12.1 Å². The number of non-ortho nitro benzene ring substituents is 1. The van der Waals surface area contributed by atoms with Gasteiger partial charge in [0.1, 0.15) is 12.1 Å². The summed E-state index contributed by atoms with van der Waals surface area (Å²) in [6.45, 7) is 5.71. The molecule has 0 spiro atoms. The van der Waals surface area contributed by atoms with E-state index in [9.17, 15) is 29.8 Å². The first kappa shape index (κ1) is 36.4. The van der Waals surface area contributed by atoms with Crippen LogP contribution in [0.25, 0.3) is 0 Å². The number of methoxy groups -OCH3 is 1. The Morgan fingerprint density at radius 2 is 1.55 bits per heavy atom. The van der Waals surface area contributed by atoms with Crippen LogP contribution < -0.4 is 14.5 Å². The van der Waals surface area contributed by atoms with Gasteiger partial charge in [0.25, 0.3) is 23.2 Å². The lowest BCUT2D eigenvalue weighted by atomic mass is 10.0. The van der Waals surface area contributed by atoms with Gasteiger partial charge in [-0.25, -0.2) is 9.97 Å². The van der Waals surface area contributed by atoms with Crippen LogP contribution in [0.1, 0.15) is 38.9 Å². The molecule has 4 aromatic rings. The molecule has 0 aliphatic heterocycles. The predicted molar refractivity (Wildman–Crippen MR) is 184 cm³/mol. The van der Waals surface area contributed by atoms with Crippen molar-refractivity contribution in [2.75, 3.05) is 43.0 Å². The number of carbonyl (C=O) groups excluding carboxylic acids is 2. The molecule has 0 radical (unpaired) electrons. The zero-order valence-corrected chi connectivity index (χ0v) is 28.5. The van der Waals surface area contributed by atoms with Gasteiger partial charge in [0, 0.05) is 47.3 Å². The van der Waals surface area contributed by atoms with Gasteiger partial charge < -0.3 is 14.5 Å². The zero-order valence-electron chi connectivity index (χ0n) is 26.9. The third kappa shape index (κ3) is 8.42. The third-order valence-electron chi connectivity index (χ3n) is 7.13. The molecule has 2 amide bonds. The Morgan fingerprint density at radius 3 is 2.13 bits per heavy atom. The Kier molecular flexibility index (Phi) is 12.8. The van der Waals surface area contributed by atoms with E-state index < -0.39 is 27.1 Å². The summed E-state index contributed by atoms with van der Waals surface area (Å²) in [4.78, 5) is 59.4. The van der Waals surface area contributed by atoms with Gasteiger partial charge in [-0.2, -0.15) is 0 Å². The number of hydrogen-bond acceptors (Lipinski definition) is 11. The quantitative estimate of drug-likeness (QED) is 0.0965. The monoisotopic (exact) mass is 678 g/mol. The second-order valence-electron chi connectivity index (χ2n) is 9.80. The highest BCUT2D eigenvalue weighted by atomic mass is 32.2. The minimum absolute atomic E-state index is 0.0701. The number of amides is 2. The van der Waals surface area contributed by atoms with Crippen molar-refractivity contribution in [2.24, 2.45) is 0 Å². The molecule has 0 aliphatic rings. The number of nitro groups is 2. The molecule has 3 aromatic carbocycles.